The van der Waals surface area contributed by atoms with Crippen molar-refractivity contribution in [2.75, 3.05) is 34.5 Å². The second kappa shape index (κ2) is 23.3. The molecule has 346 valence electrons. The molecule has 3 rings (SSSR count). The van der Waals surface area contributed by atoms with Crippen molar-refractivity contribution < 1.29 is 47.2 Å². The lowest BCUT2D eigenvalue weighted by atomic mass is 9.88. The van der Waals surface area contributed by atoms with Gasteiger partial charge in [-0.15, -0.1) is 0 Å². The lowest BCUT2D eigenvalue weighted by Crippen LogP contribution is -2.54. The molecule has 0 unspecified atom stereocenters. The Hall–Kier alpha value is -2.63. The molecule has 1 aliphatic rings. The van der Waals surface area contributed by atoms with E-state index in [0.29, 0.717) is 48.2 Å². The molecule has 1 fully saturated rings. The van der Waals surface area contributed by atoms with Crippen LogP contribution < -0.4 is 4.74 Å². The van der Waals surface area contributed by atoms with Crippen molar-refractivity contribution >= 4 is 28.6 Å². The number of hydrogen-bond acceptors (Lipinski definition) is 10. The highest BCUT2D eigenvalue weighted by Gasteiger charge is 2.48. The molecule has 61 heavy (non-hydrogen) atoms. The van der Waals surface area contributed by atoms with E-state index in [4.69, 9.17) is 32.5 Å². The van der Waals surface area contributed by atoms with Gasteiger partial charge in [0.2, 0.25) is 0 Å². The number of methoxy groups -OCH3 is 3. The minimum atomic E-state index is -2.40. The molecule has 2 amide bonds. The highest BCUT2D eigenvalue weighted by atomic mass is 28.4. The molecular formula is C48H81NO10Si2. The Balaban J connectivity index is 1.96. The SMILES string of the molecule is COc1ccc(CO[C@H](C(=O)N2C(=O)OC[C@@H]2Cc2ccccc2)[C@H](O)[C@H](C)C[C@H](OC)[C@H](O[Si](C)(C)C(C)(C)C)[C@H](C[C@@H](C)CO[Si](C(C)C)(C(C)C)C(C)C)OC)cc1. The molecule has 2 aromatic rings. The maximum Gasteiger partial charge on any atom is 0.417 e. The second-order valence-corrected chi connectivity index (χ2v) is 30.0. The van der Waals surface area contributed by atoms with Crippen LogP contribution in [0.25, 0.3) is 0 Å². The maximum absolute atomic E-state index is 14.6. The van der Waals surface area contributed by atoms with Gasteiger partial charge in [-0.2, -0.15) is 0 Å². The number of rotatable bonds is 25. The molecule has 1 saturated heterocycles. The molecule has 0 spiro atoms. The lowest BCUT2D eigenvalue weighted by molar-refractivity contribution is -0.156. The molecule has 2 aromatic carbocycles. The number of aliphatic hydroxyl groups excluding tert-OH is 1. The van der Waals surface area contributed by atoms with Crippen LogP contribution >= 0.6 is 0 Å². The van der Waals surface area contributed by atoms with Gasteiger partial charge in [0.25, 0.3) is 5.91 Å². The molecule has 0 bridgehead atoms. The minimum Gasteiger partial charge on any atom is -0.497 e. The topological polar surface area (TPSA) is 122 Å². The van der Waals surface area contributed by atoms with Gasteiger partial charge >= 0.3 is 6.09 Å². The number of aliphatic hydroxyl groups is 1. The first-order valence-electron chi connectivity index (χ1n) is 22.4. The fourth-order valence-corrected chi connectivity index (χ4v) is 15.7. The van der Waals surface area contributed by atoms with Gasteiger partial charge in [-0.25, -0.2) is 9.69 Å². The van der Waals surface area contributed by atoms with Crippen molar-refractivity contribution in [3.05, 3.63) is 65.7 Å². The number of ether oxygens (including phenoxy) is 5. The summed E-state index contributed by atoms with van der Waals surface area (Å²) in [5, 5.41) is 12.2. The number of carbonyl (C=O) groups excluding carboxylic acids is 2. The first kappa shape index (κ1) is 52.7. The zero-order valence-electron chi connectivity index (χ0n) is 40.4. The predicted octanol–water partition coefficient (Wildman–Crippen LogP) is 10.2. The van der Waals surface area contributed by atoms with Gasteiger partial charge in [-0.3, -0.25) is 4.79 Å². The smallest absolute Gasteiger partial charge is 0.417 e. The summed E-state index contributed by atoms with van der Waals surface area (Å²) in [6.07, 6.45) is -3.42. The van der Waals surface area contributed by atoms with Gasteiger partial charge in [0.15, 0.2) is 22.7 Å². The normalized spacial score (nSPS) is 18.9. The summed E-state index contributed by atoms with van der Waals surface area (Å²) in [5.74, 6) is -0.343. The van der Waals surface area contributed by atoms with Crippen LogP contribution in [0.4, 0.5) is 4.79 Å². The van der Waals surface area contributed by atoms with Crippen molar-refractivity contribution in [1.82, 2.24) is 4.90 Å². The fraction of sp³-hybridized carbons (Fsp3) is 0.708. The van der Waals surface area contributed by atoms with Crippen LogP contribution in [0.1, 0.15) is 100 Å². The Labute approximate surface area is 370 Å². The number of imide groups is 1. The fourth-order valence-electron chi connectivity index (χ4n) is 8.82. The zero-order chi connectivity index (χ0) is 45.9. The van der Waals surface area contributed by atoms with Crippen molar-refractivity contribution in [3.63, 3.8) is 0 Å². The third-order valence-electron chi connectivity index (χ3n) is 13.4. The maximum atomic E-state index is 14.6. The van der Waals surface area contributed by atoms with E-state index in [0.717, 1.165) is 16.0 Å². The number of carbonyl (C=O) groups is 2. The van der Waals surface area contributed by atoms with Crippen molar-refractivity contribution in [3.8, 4) is 5.75 Å². The van der Waals surface area contributed by atoms with Crippen LogP contribution in [0.15, 0.2) is 54.6 Å². The van der Waals surface area contributed by atoms with E-state index < -0.39 is 65.0 Å². The zero-order valence-corrected chi connectivity index (χ0v) is 42.4. The van der Waals surface area contributed by atoms with Gasteiger partial charge in [0, 0.05) is 20.8 Å². The van der Waals surface area contributed by atoms with Crippen LogP contribution in [-0.2, 0) is 45.6 Å². The molecule has 13 heteroatoms. The average molecular weight is 888 g/mol. The average Bonchev–Trinajstić information content (AvgIpc) is 3.56. The third-order valence-corrected chi connectivity index (χ3v) is 23.9. The highest BCUT2D eigenvalue weighted by Crippen LogP contribution is 2.43. The minimum absolute atomic E-state index is 0.0154. The van der Waals surface area contributed by atoms with Crippen LogP contribution in [0.5, 0.6) is 5.75 Å². The molecule has 1 heterocycles. The van der Waals surface area contributed by atoms with E-state index in [9.17, 15) is 14.7 Å². The van der Waals surface area contributed by atoms with Gasteiger partial charge < -0.3 is 37.6 Å². The number of nitrogens with zero attached hydrogens (tertiary/aromatic N) is 1. The highest BCUT2D eigenvalue weighted by molar-refractivity contribution is 6.77. The first-order chi connectivity index (χ1) is 28.5. The van der Waals surface area contributed by atoms with E-state index in [1.165, 1.54) is 0 Å². The van der Waals surface area contributed by atoms with Crippen molar-refractivity contribution in [2.24, 2.45) is 11.8 Å². The standard InChI is InChI=1S/C48H81NO10Si2/c1-32(2)61(33(3)4,34(5)6)58-29-35(7)26-41(54-13)44(59-60(15,16)48(9,10)11)42(55-14)27-36(8)43(50)45(56-30-38-22-24-40(53-12)25-23-38)46(51)49-39(31-57-47(49)52)28-37-20-18-17-19-21-37/h17-25,32-36,39,41-45,50H,26-31H2,1-16H3/t35-,36-,39+,41+,42+,43-,44-,45+/m1/s1. The molecule has 8 atom stereocenters. The van der Waals surface area contributed by atoms with Gasteiger partial charge in [-0.1, -0.05) is 119 Å². The molecule has 0 aliphatic carbocycles. The Morgan fingerprint density at radius 2 is 1.39 bits per heavy atom. The van der Waals surface area contributed by atoms with E-state index in [1.54, 1.807) is 21.3 Å². The van der Waals surface area contributed by atoms with E-state index in [1.807, 2.05) is 61.5 Å². The summed E-state index contributed by atoms with van der Waals surface area (Å²) in [6, 6.07) is 16.4. The summed E-state index contributed by atoms with van der Waals surface area (Å²) >= 11 is 0. The van der Waals surface area contributed by atoms with Gasteiger partial charge in [0.05, 0.1) is 44.2 Å². The summed E-state index contributed by atoms with van der Waals surface area (Å²) in [4.78, 5) is 29.0. The predicted molar refractivity (Wildman–Crippen MR) is 248 cm³/mol. The Kier molecular flexibility index (Phi) is 20.2. The molecule has 0 saturated carbocycles. The largest absolute Gasteiger partial charge is 0.497 e. The molecule has 1 N–H and O–H groups in total. The summed E-state index contributed by atoms with van der Waals surface area (Å²) in [7, 11) is 0.487. The van der Waals surface area contributed by atoms with E-state index >= 15 is 0 Å². The Bertz CT molecular complexity index is 1590. The van der Waals surface area contributed by atoms with Gasteiger partial charge in [-0.05, 0) is 89.1 Å². The Morgan fingerprint density at radius 3 is 1.90 bits per heavy atom. The van der Waals surface area contributed by atoms with Gasteiger partial charge in [0.1, 0.15) is 12.4 Å². The first-order valence-corrected chi connectivity index (χ1v) is 27.4. The van der Waals surface area contributed by atoms with Crippen LogP contribution in [-0.4, -0.2) is 110 Å². The Morgan fingerprint density at radius 1 is 0.836 bits per heavy atom. The molecule has 1 aliphatic heterocycles. The third kappa shape index (κ3) is 13.7. The van der Waals surface area contributed by atoms with Crippen LogP contribution in [0.3, 0.4) is 0 Å². The van der Waals surface area contributed by atoms with Crippen LogP contribution in [0, 0.1) is 11.8 Å². The number of cyclic esters (lactones) is 1. The molecule has 0 aromatic heterocycles. The second-order valence-electron chi connectivity index (χ2n) is 19.8. The number of hydrogen-bond donors (Lipinski definition) is 1. The summed E-state index contributed by atoms with van der Waals surface area (Å²) in [6.45, 7) is 29.7. The van der Waals surface area contributed by atoms with E-state index in [-0.39, 0.29) is 30.3 Å². The monoisotopic (exact) mass is 888 g/mol. The summed E-state index contributed by atoms with van der Waals surface area (Å²) < 4.78 is 44.1. The van der Waals surface area contributed by atoms with Crippen molar-refractivity contribution in [2.45, 2.75) is 173 Å². The molecule has 0 radical (unpaired) electrons. The molecule has 11 nitrogen and oxygen atoms in total. The van der Waals surface area contributed by atoms with Crippen LogP contribution in [0.2, 0.25) is 34.8 Å². The number of benzene rings is 2. The quantitative estimate of drug-likeness (QED) is 0.0965. The van der Waals surface area contributed by atoms with Crippen molar-refractivity contribution in [1.29, 1.82) is 0 Å². The molecular weight excluding hydrogens is 807 g/mol. The van der Waals surface area contributed by atoms with E-state index in [2.05, 4.69) is 82.3 Å². The summed E-state index contributed by atoms with van der Waals surface area (Å²) in [5.41, 5.74) is 3.15. The lowest BCUT2D eigenvalue weighted by Gasteiger charge is -2.45. The number of amides is 2.